The van der Waals surface area contributed by atoms with E-state index in [4.69, 9.17) is 16.3 Å². The third-order valence-corrected chi connectivity index (χ3v) is 5.54. The Morgan fingerprint density at radius 2 is 2.07 bits per heavy atom. The molecule has 4 rings (SSSR count). The lowest BCUT2D eigenvalue weighted by Crippen LogP contribution is -2.46. The van der Waals surface area contributed by atoms with E-state index in [-0.39, 0.29) is 12.1 Å². The summed E-state index contributed by atoms with van der Waals surface area (Å²) in [5.41, 5.74) is 4.38. The van der Waals surface area contributed by atoms with Crippen LogP contribution < -0.4 is 10.1 Å². The van der Waals surface area contributed by atoms with Gasteiger partial charge in [-0.15, -0.1) is 0 Å². The SMILES string of the molecule is CCCNC(=O)N1CCc2c([nH]c3ccc(Cl)cc23)C1c1ccc(OC)cc1. The lowest BCUT2D eigenvalue weighted by Gasteiger charge is -2.36. The molecule has 2 aromatic carbocycles. The molecule has 1 aliphatic heterocycles. The van der Waals surface area contributed by atoms with E-state index in [0.717, 1.165) is 45.8 Å². The van der Waals surface area contributed by atoms with Gasteiger partial charge in [0.1, 0.15) is 5.75 Å². The van der Waals surface area contributed by atoms with Crippen LogP contribution in [-0.4, -0.2) is 36.1 Å². The van der Waals surface area contributed by atoms with E-state index < -0.39 is 0 Å². The van der Waals surface area contributed by atoms with Gasteiger partial charge in [0.05, 0.1) is 13.2 Å². The zero-order chi connectivity index (χ0) is 19.7. The van der Waals surface area contributed by atoms with Crippen molar-refractivity contribution in [3.8, 4) is 5.75 Å². The maximum absolute atomic E-state index is 12.9. The largest absolute Gasteiger partial charge is 0.497 e. The van der Waals surface area contributed by atoms with Gasteiger partial charge in [0.25, 0.3) is 0 Å². The summed E-state index contributed by atoms with van der Waals surface area (Å²) >= 11 is 6.24. The summed E-state index contributed by atoms with van der Waals surface area (Å²) in [4.78, 5) is 18.4. The number of benzene rings is 2. The second kappa shape index (κ2) is 7.76. The van der Waals surface area contributed by atoms with Gasteiger partial charge in [0.15, 0.2) is 0 Å². The zero-order valence-corrected chi connectivity index (χ0v) is 16.8. The van der Waals surface area contributed by atoms with Gasteiger partial charge in [-0.05, 0) is 54.3 Å². The minimum atomic E-state index is -0.183. The molecule has 3 aromatic rings. The molecule has 0 saturated carbocycles. The third kappa shape index (κ3) is 3.31. The molecule has 0 bridgehead atoms. The van der Waals surface area contributed by atoms with Crippen LogP contribution in [0, 0.1) is 0 Å². The number of amides is 2. The van der Waals surface area contributed by atoms with Gasteiger partial charge in [-0.2, -0.15) is 0 Å². The molecule has 2 N–H and O–H groups in total. The second-order valence-electron chi connectivity index (χ2n) is 7.06. The fraction of sp³-hybridized carbons (Fsp3) is 0.318. The summed E-state index contributed by atoms with van der Waals surface area (Å²) in [5.74, 6) is 0.796. The van der Waals surface area contributed by atoms with Gasteiger partial charge in [0.2, 0.25) is 0 Å². The third-order valence-electron chi connectivity index (χ3n) is 5.31. The lowest BCUT2D eigenvalue weighted by molar-refractivity contribution is 0.179. The first-order valence-electron chi connectivity index (χ1n) is 9.60. The van der Waals surface area contributed by atoms with Crippen LogP contribution in [0.15, 0.2) is 42.5 Å². The Bertz CT molecular complexity index is 997. The first-order valence-corrected chi connectivity index (χ1v) is 9.98. The quantitative estimate of drug-likeness (QED) is 0.658. The van der Waals surface area contributed by atoms with Crippen LogP contribution in [0.1, 0.15) is 36.2 Å². The number of urea groups is 1. The number of hydrogen-bond donors (Lipinski definition) is 2. The van der Waals surface area contributed by atoms with Gasteiger partial charge < -0.3 is 19.9 Å². The molecule has 2 heterocycles. The minimum Gasteiger partial charge on any atom is -0.497 e. The molecule has 1 atom stereocenters. The molecule has 0 aliphatic carbocycles. The molecule has 2 amide bonds. The maximum atomic E-state index is 12.9. The molecule has 1 aliphatic rings. The highest BCUT2D eigenvalue weighted by atomic mass is 35.5. The van der Waals surface area contributed by atoms with E-state index >= 15 is 0 Å². The average Bonchev–Trinajstić information content (AvgIpc) is 3.09. The number of ether oxygens (including phenoxy) is 1. The first-order chi connectivity index (χ1) is 13.6. The summed E-state index contributed by atoms with van der Waals surface area (Å²) in [6, 6.07) is 13.6. The molecule has 146 valence electrons. The van der Waals surface area contributed by atoms with Crippen molar-refractivity contribution < 1.29 is 9.53 Å². The lowest BCUT2D eigenvalue weighted by atomic mass is 9.92. The highest BCUT2D eigenvalue weighted by Crippen LogP contribution is 2.39. The van der Waals surface area contributed by atoms with Crippen molar-refractivity contribution in [1.82, 2.24) is 15.2 Å². The van der Waals surface area contributed by atoms with Crippen molar-refractivity contribution in [1.29, 1.82) is 0 Å². The predicted octanol–water partition coefficient (Wildman–Crippen LogP) is 4.90. The van der Waals surface area contributed by atoms with Crippen LogP contribution in [0.2, 0.25) is 5.02 Å². The number of nitrogens with one attached hydrogen (secondary N) is 2. The second-order valence-corrected chi connectivity index (χ2v) is 7.49. The number of aromatic nitrogens is 1. The number of nitrogens with zero attached hydrogens (tertiary/aromatic N) is 1. The molecule has 0 radical (unpaired) electrons. The monoisotopic (exact) mass is 397 g/mol. The Morgan fingerprint density at radius 1 is 1.29 bits per heavy atom. The highest BCUT2D eigenvalue weighted by Gasteiger charge is 2.34. The standard InChI is InChI=1S/C22H24ClN3O2/c1-3-11-24-22(27)26-12-10-17-18-13-15(23)6-9-19(18)25-20(17)21(26)14-4-7-16(28-2)8-5-14/h4-9,13,21,25H,3,10-12H2,1-2H3,(H,24,27). The number of methoxy groups -OCH3 is 1. The van der Waals surface area contributed by atoms with Crippen molar-refractivity contribution in [2.24, 2.45) is 0 Å². The Labute approximate surface area is 169 Å². The van der Waals surface area contributed by atoms with E-state index in [1.807, 2.05) is 47.4 Å². The molecule has 0 spiro atoms. The van der Waals surface area contributed by atoms with E-state index in [1.54, 1.807) is 7.11 Å². The van der Waals surface area contributed by atoms with Crippen molar-refractivity contribution in [2.45, 2.75) is 25.8 Å². The van der Waals surface area contributed by atoms with Crippen molar-refractivity contribution in [3.63, 3.8) is 0 Å². The molecular formula is C22H24ClN3O2. The van der Waals surface area contributed by atoms with E-state index in [0.29, 0.717) is 13.1 Å². The molecular weight excluding hydrogens is 374 g/mol. The van der Waals surface area contributed by atoms with Crippen molar-refractivity contribution in [3.05, 3.63) is 64.3 Å². The Balaban J connectivity index is 1.82. The van der Waals surface area contributed by atoms with E-state index in [1.165, 1.54) is 5.56 Å². The fourth-order valence-corrected chi connectivity index (χ4v) is 4.12. The summed E-state index contributed by atoms with van der Waals surface area (Å²) in [6.07, 6.45) is 1.70. The predicted molar refractivity (Wildman–Crippen MR) is 112 cm³/mol. The van der Waals surface area contributed by atoms with Gasteiger partial charge in [-0.25, -0.2) is 4.79 Å². The van der Waals surface area contributed by atoms with Crippen LogP contribution in [0.4, 0.5) is 4.79 Å². The number of rotatable bonds is 4. The number of carbonyl (C=O) groups excluding carboxylic acids is 1. The normalized spacial score (nSPS) is 16.1. The maximum Gasteiger partial charge on any atom is 0.318 e. The Kier molecular flexibility index (Phi) is 5.18. The highest BCUT2D eigenvalue weighted by molar-refractivity contribution is 6.31. The molecule has 0 fully saturated rings. The van der Waals surface area contributed by atoms with Crippen LogP contribution in [-0.2, 0) is 6.42 Å². The summed E-state index contributed by atoms with van der Waals surface area (Å²) in [6.45, 7) is 3.37. The number of aromatic amines is 1. The first kappa shape index (κ1) is 18.7. The molecule has 5 nitrogen and oxygen atoms in total. The average molecular weight is 398 g/mol. The number of H-pyrrole nitrogens is 1. The van der Waals surface area contributed by atoms with Crippen LogP contribution in [0.25, 0.3) is 10.9 Å². The van der Waals surface area contributed by atoms with Gasteiger partial charge in [-0.1, -0.05) is 30.7 Å². The molecule has 1 unspecified atom stereocenters. The molecule has 0 saturated heterocycles. The number of fused-ring (bicyclic) bond motifs is 3. The number of halogens is 1. The van der Waals surface area contributed by atoms with Crippen molar-refractivity contribution >= 4 is 28.5 Å². The smallest absolute Gasteiger partial charge is 0.318 e. The van der Waals surface area contributed by atoms with Crippen LogP contribution in [0.5, 0.6) is 5.75 Å². The Morgan fingerprint density at radius 3 is 2.79 bits per heavy atom. The number of hydrogen-bond acceptors (Lipinski definition) is 2. The molecule has 6 heteroatoms. The van der Waals surface area contributed by atoms with Crippen LogP contribution in [0.3, 0.4) is 0 Å². The van der Waals surface area contributed by atoms with E-state index in [9.17, 15) is 4.79 Å². The molecule has 1 aromatic heterocycles. The van der Waals surface area contributed by atoms with Gasteiger partial charge in [-0.3, -0.25) is 0 Å². The molecule has 28 heavy (non-hydrogen) atoms. The van der Waals surface area contributed by atoms with Gasteiger partial charge >= 0.3 is 6.03 Å². The topological polar surface area (TPSA) is 57.4 Å². The fourth-order valence-electron chi connectivity index (χ4n) is 3.95. The summed E-state index contributed by atoms with van der Waals surface area (Å²) in [7, 11) is 1.65. The summed E-state index contributed by atoms with van der Waals surface area (Å²) < 4.78 is 5.30. The Hall–Kier alpha value is -2.66. The van der Waals surface area contributed by atoms with Crippen molar-refractivity contribution in [2.75, 3.05) is 20.2 Å². The van der Waals surface area contributed by atoms with Gasteiger partial charge in [0, 0.05) is 34.7 Å². The zero-order valence-electron chi connectivity index (χ0n) is 16.1. The van der Waals surface area contributed by atoms with Crippen LogP contribution >= 0.6 is 11.6 Å². The minimum absolute atomic E-state index is 0.0370. The van der Waals surface area contributed by atoms with E-state index in [2.05, 4.69) is 17.2 Å². The summed E-state index contributed by atoms with van der Waals surface area (Å²) in [5, 5.41) is 4.88. The number of carbonyl (C=O) groups is 1.